The molecule has 6 heteroatoms. The van der Waals surface area contributed by atoms with E-state index < -0.39 is 18.5 Å². The zero-order chi connectivity index (χ0) is 18.9. The summed E-state index contributed by atoms with van der Waals surface area (Å²) in [5.74, 6) is 0.134. The monoisotopic (exact) mass is 357 g/mol. The summed E-state index contributed by atoms with van der Waals surface area (Å²) in [5, 5.41) is 2.69. The summed E-state index contributed by atoms with van der Waals surface area (Å²) in [6, 6.07) is 12.2. The Kier molecular flexibility index (Phi) is 7.02. The quantitative estimate of drug-likeness (QED) is 0.731. The first-order valence-electron chi connectivity index (χ1n) is 8.46. The molecule has 0 unspecified atom stereocenters. The fourth-order valence-corrected chi connectivity index (χ4v) is 2.32. The van der Waals surface area contributed by atoms with E-state index in [0.717, 1.165) is 5.56 Å². The van der Waals surface area contributed by atoms with Crippen LogP contribution in [-0.4, -0.2) is 31.7 Å². The van der Waals surface area contributed by atoms with Gasteiger partial charge in [0.2, 0.25) is 0 Å². The number of hydrogen-bond donors (Lipinski definition) is 1. The first-order chi connectivity index (χ1) is 12.5. The smallest absolute Gasteiger partial charge is 0.338 e. The summed E-state index contributed by atoms with van der Waals surface area (Å²) in [4.78, 5) is 24.2. The number of anilines is 1. The van der Waals surface area contributed by atoms with Gasteiger partial charge in [0.25, 0.3) is 5.91 Å². The Morgan fingerprint density at radius 2 is 1.77 bits per heavy atom. The molecule has 6 nitrogen and oxygen atoms in total. The lowest BCUT2D eigenvalue weighted by Gasteiger charge is -2.13. The minimum Gasteiger partial charge on any atom is -0.494 e. The predicted molar refractivity (Wildman–Crippen MR) is 98.9 cm³/mol. The van der Waals surface area contributed by atoms with Gasteiger partial charge in [0.15, 0.2) is 6.61 Å². The van der Waals surface area contributed by atoms with E-state index in [2.05, 4.69) is 5.32 Å². The summed E-state index contributed by atoms with van der Waals surface area (Å²) >= 11 is 0. The minimum absolute atomic E-state index is 0.392. The predicted octanol–water partition coefficient (Wildman–Crippen LogP) is 3.59. The summed E-state index contributed by atoms with van der Waals surface area (Å²) in [6.45, 7) is 6.18. The topological polar surface area (TPSA) is 73.9 Å². The number of carbonyl (C=O) groups is 2. The molecule has 0 aliphatic carbocycles. The summed E-state index contributed by atoms with van der Waals surface area (Å²) in [7, 11) is 0. The van der Waals surface area contributed by atoms with Gasteiger partial charge < -0.3 is 19.5 Å². The van der Waals surface area contributed by atoms with Crippen LogP contribution in [0.5, 0.6) is 11.5 Å². The van der Waals surface area contributed by atoms with Crippen molar-refractivity contribution >= 4 is 17.6 Å². The number of carbonyl (C=O) groups excluding carboxylic acids is 2. The third kappa shape index (κ3) is 5.51. The van der Waals surface area contributed by atoms with Crippen LogP contribution in [0.1, 0.15) is 29.8 Å². The molecule has 2 rings (SSSR count). The molecule has 2 aromatic carbocycles. The molecule has 0 spiro atoms. The van der Waals surface area contributed by atoms with E-state index in [1.807, 2.05) is 26.8 Å². The van der Waals surface area contributed by atoms with E-state index in [1.165, 1.54) is 0 Å². The first-order valence-corrected chi connectivity index (χ1v) is 8.46. The Balaban J connectivity index is 2.00. The minimum atomic E-state index is -0.544. The van der Waals surface area contributed by atoms with E-state index in [-0.39, 0.29) is 0 Å². The summed E-state index contributed by atoms with van der Waals surface area (Å²) < 4.78 is 16.0. The van der Waals surface area contributed by atoms with Crippen molar-refractivity contribution in [2.24, 2.45) is 0 Å². The van der Waals surface area contributed by atoms with Crippen molar-refractivity contribution in [1.29, 1.82) is 0 Å². The molecule has 0 aromatic heterocycles. The second kappa shape index (κ2) is 9.46. The van der Waals surface area contributed by atoms with Crippen molar-refractivity contribution in [2.45, 2.75) is 20.8 Å². The number of esters is 1. The molecule has 138 valence electrons. The first kappa shape index (κ1) is 19.3. The largest absolute Gasteiger partial charge is 0.494 e. The second-order valence-electron chi connectivity index (χ2n) is 5.52. The maximum absolute atomic E-state index is 12.2. The fourth-order valence-electron chi connectivity index (χ4n) is 2.32. The Bertz CT molecular complexity index is 773. The third-order valence-corrected chi connectivity index (χ3v) is 3.42. The maximum Gasteiger partial charge on any atom is 0.338 e. The number of amides is 1. The van der Waals surface area contributed by atoms with Gasteiger partial charge in [-0.15, -0.1) is 0 Å². The molecule has 0 heterocycles. The Morgan fingerprint density at radius 3 is 2.46 bits per heavy atom. The lowest BCUT2D eigenvalue weighted by atomic mass is 10.1. The van der Waals surface area contributed by atoms with E-state index >= 15 is 0 Å². The summed E-state index contributed by atoms with van der Waals surface area (Å²) in [5.41, 5.74) is 1.82. The number of ether oxygens (including phenoxy) is 3. The number of rotatable bonds is 8. The molecular formula is C20H23NO5. The van der Waals surface area contributed by atoms with Crippen LogP contribution in [-0.2, 0) is 9.53 Å². The maximum atomic E-state index is 12.2. The van der Waals surface area contributed by atoms with E-state index in [9.17, 15) is 9.59 Å². The average Bonchev–Trinajstić information content (AvgIpc) is 2.62. The molecular weight excluding hydrogens is 334 g/mol. The van der Waals surface area contributed by atoms with Gasteiger partial charge in [-0.05, 0) is 45.0 Å². The van der Waals surface area contributed by atoms with Gasteiger partial charge in [-0.1, -0.05) is 17.7 Å². The zero-order valence-corrected chi connectivity index (χ0v) is 15.2. The number of hydrogen-bond acceptors (Lipinski definition) is 5. The highest BCUT2D eigenvalue weighted by molar-refractivity contribution is 5.96. The molecule has 1 N–H and O–H groups in total. The van der Waals surface area contributed by atoms with E-state index in [0.29, 0.717) is 36.0 Å². The molecule has 0 aliphatic rings. The van der Waals surface area contributed by atoms with E-state index in [1.54, 1.807) is 36.4 Å². The lowest BCUT2D eigenvalue weighted by molar-refractivity contribution is -0.119. The summed E-state index contributed by atoms with van der Waals surface area (Å²) in [6.07, 6.45) is 0. The van der Waals surface area contributed by atoms with E-state index in [4.69, 9.17) is 14.2 Å². The highest BCUT2D eigenvalue weighted by Gasteiger charge is 2.13. The molecule has 2 aromatic rings. The fraction of sp³-hybridized carbons (Fsp3) is 0.300. The van der Waals surface area contributed by atoms with Crippen LogP contribution in [0.4, 0.5) is 5.69 Å². The van der Waals surface area contributed by atoms with Crippen molar-refractivity contribution in [3.63, 3.8) is 0 Å². The Morgan fingerprint density at radius 1 is 1.00 bits per heavy atom. The van der Waals surface area contributed by atoms with Crippen LogP contribution in [0.25, 0.3) is 0 Å². The highest BCUT2D eigenvalue weighted by atomic mass is 16.5. The molecule has 0 radical (unpaired) electrons. The van der Waals surface area contributed by atoms with Crippen molar-refractivity contribution in [3.8, 4) is 11.5 Å². The van der Waals surface area contributed by atoms with Crippen LogP contribution >= 0.6 is 0 Å². The average molecular weight is 357 g/mol. The van der Waals surface area contributed by atoms with Gasteiger partial charge in [-0.3, -0.25) is 4.79 Å². The number of nitrogens with one attached hydrogen (secondary N) is 1. The van der Waals surface area contributed by atoms with Crippen molar-refractivity contribution in [1.82, 2.24) is 0 Å². The Labute approximate surface area is 153 Å². The molecule has 1 amide bonds. The Hall–Kier alpha value is -3.02. The van der Waals surface area contributed by atoms with Crippen molar-refractivity contribution < 1.29 is 23.8 Å². The SMILES string of the molecule is CCOc1ccc(OCC)c(NC(=O)COC(=O)c2cccc(C)c2)c1. The molecule has 0 atom stereocenters. The number of benzene rings is 2. The van der Waals surface area contributed by atoms with Crippen LogP contribution in [0, 0.1) is 6.92 Å². The molecule has 0 fully saturated rings. The van der Waals surface area contributed by atoms with Gasteiger partial charge in [0.1, 0.15) is 11.5 Å². The van der Waals surface area contributed by atoms with Crippen molar-refractivity contribution in [3.05, 3.63) is 53.6 Å². The van der Waals surface area contributed by atoms with Gasteiger partial charge in [0, 0.05) is 6.07 Å². The molecule has 0 saturated heterocycles. The lowest BCUT2D eigenvalue weighted by Crippen LogP contribution is -2.21. The highest BCUT2D eigenvalue weighted by Crippen LogP contribution is 2.29. The second-order valence-corrected chi connectivity index (χ2v) is 5.52. The van der Waals surface area contributed by atoms with Crippen LogP contribution in [0.15, 0.2) is 42.5 Å². The standard InChI is InChI=1S/C20H23NO5/c1-4-24-16-9-10-18(25-5-2)17(12-16)21-19(22)13-26-20(23)15-8-6-7-14(3)11-15/h6-12H,4-5,13H2,1-3H3,(H,21,22). The van der Waals surface area contributed by atoms with Crippen LogP contribution in [0.2, 0.25) is 0 Å². The van der Waals surface area contributed by atoms with Gasteiger partial charge in [-0.2, -0.15) is 0 Å². The normalized spacial score (nSPS) is 10.1. The van der Waals surface area contributed by atoms with Crippen molar-refractivity contribution in [2.75, 3.05) is 25.1 Å². The molecule has 0 bridgehead atoms. The van der Waals surface area contributed by atoms with Crippen LogP contribution in [0.3, 0.4) is 0 Å². The number of aryl methyl sites for hydroxylation is 1. The zero-order valence-electron chi connectivity index (χ0n) is 15.2. The third-order valence-electron chi connectivity index (χ3n) is 3.42. The molecule has 26 heavy (non-hydrogen) atoms. The van der Waals surface area contributed by atoms with Gasteiger partial charge in [-0.25, -0.2) is 4.79 Å². The van der Waals surface area contributed by atoms with Gasteiger partial charge in [0.05, 0.1) is 24.5 Å². The van der Waals surface area contributed by atoms with Gasteiger partial charge >= 0.3 is 5.97 Å². The molecule has 0 aliphatic heterocycles. The van der Waals surface area contributed by atoms with Crippen LogP contribution < -0.4 is 14.8 Å². The molecule has 0 saturated carbocycles.